The van der Waals surface area contributed by atoms with Crippen molar-refractivity contribution in [3.63, 3.8) is 0 Å². The molecule has 4 nitrogen and oxygen atoms in total. The number of nitrogens with zero attached hydrogens (tertiary/aromatic N) is 1. The Bertz CT molecular complexity index is 694. The van der Waals surface area contributed by atoms with E-state index in [1.54, 1.807) is 0 Å². The highest BCUT2D eigenvalue weighted by atomic mass is 32.2. The average Bonchev–Trinajstić information content (AvgIpc) is 2.96. The fraction of sp³-hybridized carbons (Fsp3) is 0.471. The van der Waals surface area contributed by atoms with E-state index in [4.69, 9.17) is 0 Å². The Morgan fingerprint density at radius 3 is 2.65 bits per heavy atom. The molecule has 1 aromatic heterocycles. The number of thiazole rings is 1. The number of hydrogen-bond acceptors (Lipinski definition) is 4. The van der Waals surface area contributed by atoms with Crippen LogP contribution in [-0.2, 0) is 17.4 Å². The molecule has 0 saturated heterocycles. The van der Waals surface area contributed by atoms with Gasteiger partial charge in [-0.15, -0.1) is 11.3 Å². The van der Waals surface area contributed by atoms with E-state index in [1.807, 2.05) is 51.3 Å². The van der Waals surface area contributed by atoms with Crippen molar-refractivity contribution in [3.8, 4) is 0 Å². The summed E-state index contributed by atoms with van der Waals surface area (Å²) in [7, 11) is -1.33. The Morgan fingerprint density at radius 1 is 1.30 bits per heavy atom. The third-order valence-electron chi connectivity index (χ3n) is 4.31. The van der Waals surface area contributed by atoms with E-state index >= 15 is 0 Å². The highest BCUT2D eigenvalue weighted by Crippen LogP contribution is 2.25. The second-order valence-electron chi connectivity index (χ2n) is 5.82. The first-order chi connectivity index (χ1) is 10.9. The van der Waals surface area contributed by atoms with Gasteiger partial charge in [0, 0.05) is 11.8 Å². The summed E-state index contributed by atoms with van der Waals surface area (Å²) >= 11 is 1.42. The molecule has 2 aromatic rings. The number of aromatic nitrogens is 1. The summed E-state index contributed by atoms with van der Waals surface area (Å²) in [6.07, 6.45) is 1.91. The van der Waals surface area contributed by atoms with Gasteiger partial charge in [-0.05, 0) is 43.9 Å². The van der Waals surface area contributed by atoms with Gasteiger partial charge in [0.25, 0.3) is 0 Å². The third kappa shape index (κ3) is 4.40. The van der Waals surface area contributed by atoms with Crippen LogP contribution in [0.3, 0.4) is 0 Å². The maximum Gasteiger partial charge on any atom is 0.195 e. The van der Waals surface area contributed by atoms with Crippen molar-refractivity contribution in [2.24, 2.45) is 0 Å². The quantitative estimate of drug-likeness (QED) is 0.792. The second kappa shape index (κ2) is 7.55. The summed E-state index contributed by atoms with van der Waals surface area (Å²) in [5, 5.41) is 12.9. The zero-order valence-electron chi connectivity index (χ0n) is 14.0. The third-order valence-corrected chi connectivity index (χ3v) is 6.47. The number of benzene rings is 1. The fourth-order valence-corrected chi connectivity index (χ4v) is 4.26. The molecule has 2 rings (SSSR count). The van der Waals surface area contributed by atoms with E-state index in [2.05, 4.69) is 9.71 Å². The number of hydrogen-bond donors (Lipinski definition) is 2. The molecule has 126 valence electrons. The van der Waals surface area contributed by atoms with Gasteiger partial charge in [0.15, 0.2) is 16.1 Å². The molecule has 2 N–H and O–H groups in total. The van der Waals surface area contributed by atoms with Crippen LogP contribution in [0.4, 0.5) is 5.13 Å². The minimum atomic E-state index is -1.33. The molecule has 0 spiro atoms. The Kier molecular flexibility index (Phi) is 5.95. The van der Waals surface area contributed by atoms with Gasteiger partial charge in [-0.1, -0.05) is 26.0 Å². The summed E-state index contributed by atoms with van der Waals surface area (Å²) in [5.41, 5.74) is 2.27. The average molecular weight is 353 g/mol. The summed E-state index contributed by atoms with van der Waals surface area (Å²) < 4.78 is 15.5. The standard InChI is InChI=1S/C17H24N2O2S2/c1-5-17(20,6-2)10-14-11-22-16(18-14)19-23(21)15-9-7-8-12(3)13(15)4/h7-9,11,20H,5-6,10H2,1-4H3,(H,18,19). The van der Waals surface area contributed by atoms with Crippen LogP contribution in [0.25, 0.3) is 0 Å². The monoisotopic (exact) mass is 352 g/mol. The Balaban J connectivity index is 2.10. The van der Waals surface area contributed by atoms with E-state index in [0.717, 1.165) is 21.7 Å². The molecule has 0 fully saturated rings. The van der Waals surface area contributed by atoms with Crippen molar-refractivity contribution in [2.75, 3.05) is 4.72 Å². The lowest BCUT2D eigenvalue weighted by molar-refractivity contribution is 0.0319. The smallest absolute Gasteiger partial charge is 0.195 e. The number of rotatable bonds is 7. The molecule has 0 saturated carbocycles. The van der Waals surface area contributed by atoms with E-state index in [-0.39, 0.29) is 0 Å². The van der Waals surface area contributed by atoms with E-state index in [9.17, 15) is 9.32 Å². The summed E-state index contributed by atoms with van der Waals surface area (Å²) in [6, 6.07) is 5.79. The predicted molar refractivity (Wildman–Crippen MR) is 97.3 cm³/mol. The van der Waals surface area contributed by atoms with Crippen LogP contribution in [0.15, 0.2) is 28.5 Å². The van der Waals surface area contributed by atoms with Crippen molar-refractivity contribution >= 4 is 27.5 Å². The van der Waals surface area contributed by atoms with Gasteiger partial charge in [-0.2, -0.15) is 0 Å². The highest BCUT2D eigenvalue weighted by molar-refractivity contribution is 7.86. The summed E-state index contributed by atoms with van der Waals surface area (Å²) in [4.78, 5) is 5.24. The first kappa shape index (κ1) is 18.1. The van der Waals surface area contributed by atoms with Gasteiger partial charge in [-0.25, -0.2) is 9.19 Å². The summed E-state index contributed by atoms with van der Waals surface area (Å²) in [5.74, 6) is 0. The van der Waals surface area contributed by atoms with Gasteiger partial charge >= 0.3 is 0 Å². The second-order valence-corrected chi connectivity index (χ2v) is 7.86. The van der Waals surface area contributed by atoms with Crippen molar-refractivity contribution in [1.29, 1.82) is 0 Å². The minimum Gasteiger partial charge on any atom is -0.390 e. The predicted octanol–water partition coefficient (Wildman–Crippen LogP) is 3.99. The number of aliphatic hydroxyl groups is 1. The van der Waals surface area contributed by atoms with Crippen LogP contribution in [0.5, 0.6) is 0 Å². The summed E-state index contributed by atoms with van der Waals surface area (Å²) in [6.45, 7) is 7.93. The minimum absolute atomic E-state index is 0.522. The fourth-order valence-electron chi connectivity index (χ4n) is 2.33. The van der Waals surface area contributed by atoms with Gasteiger partial charge in [-0.3, -0.25) is 4.72 Å². The molecule has 0 amide bonds. The van der Waals surface area contributed by atoms with Crippen molar-refractivity contribution in [1.82, 2.24) is 4.98 Å². The van der Waals surface area contributed by atoms with Crippen molar-refractivity contribution < 1.29 is 9.32 Å². The van der Waals surface area contributed by atoms with E-state index in [0.29, 0.717) is 24.4 Å². The Morgan fingerprint density at radius 2 is 2.00 bits per heavy atom. The van der Waals surface area contributed by atoms with Crippen LogP contribution in [0.2, 0.25) is 0 Å². The molecule has 0 aliphatic carbocycles. The first-order valence-electron chi connectivity index (χ1n) is 7.80. The SMILES string of the molecule is CCC(O)(CC)Cc1csc(NS(=O)c2cccc(C)c2C)n1. The van der Waals surface area contributed by atoms with Gasteiger partial charge < -0.3 is 5.11 Å². The van der Waals surface area contributed by atoms with Gasteiger partial charge in [0.05, 0.1) is 16.2 Å². The topological polar surface area (TPSA) is 62.2 Å². The number of anilines is 1. The molecule has 1 heterocycles. The van der Waals surface area contributed by atoms with Crippen LogP contribution in [-0.4, -0.2) is 19.9 Å². The lowest BCUT2D eigenvalue weighted by Crippen LogP contribution is -2.29. The molecule has 1 atom stereocenters. The molecule has 6 heteroatoms. The molecule has 23 heavy (non-hydrogen) atoms. The molecule has 1 aromatic carbocycles. The number of nitrogens with one attached hydrogen (secondary N) is 1. The molecular formula is C17H24N2O2S2. The van der Waals surface area contributed by atoms with Crippen molar-refractivity contribution in [2.45, 2.75) is 57.5 Å². The molecule has 0 aliphatic rings. The maximum absolute atomic E-state index is 12.5. The lowest BCUT2D eigenvalue weighted by atomic mass is 9.92. The van der Waals surface area contributed by atoms with E-state index < -0.39 is 16.6 Å². The molecule has 0 aliphatic heterocycles. The zero-order chi connectivity index (χ0) is 17.0. The largest absolute Gasteiger partial charge is 0.390 e. The Labute approximate surface area is 144 Å². The first-order valence-corrected chi connectivity index (χ1v) is 9.83. The number of aryl methyl sites for hydroxylation is 1. The highest BCUT2D eigenvalue weighted by Gasteiger charge is 2.24. The lowest BCUT2D eigenvalue weighted by Gasteiger charge is -2.23. The van der Waals surface area contributed by atoms with E-state index in [1.165, 1.54) is 11.3 Å². The molecular weight excluding hydrogens is 328 g/mol. The molecule has 0 radical (unpaired) electrons. The van der Waals surface area contributed by atoms with Crippen LogP contribution >= 0.6 is 11.3 Å². The van der Waals surface area contributed by atoms with Crippen molar-refractivity contribution in [3.05, 3.63) is 40.4 Å². The Hall–Kier alpha value is -1.24. The van der Waals surface area contributed by atoms with Crippen LogP contribution in [0.1, 0.15) is 43.5 Å². The molecule has 1 unspecified atom stereocenters. The van der Waals surface area contributed by atoms with Crippen LogP contribution < -0.4 is 4.72 Å². The van der Waals surface area contributed by atoms with Crippen LogP contribution in [0, 0.1) is 13.8 Å². The maximum atomic E-state index is 12.5. The van der Waals surface area contributed by atoms with Gasteiger partial charge in [0.1, 0.15) is 0 Å². The normalized spacial score (nSPS) is 13.1. The molecule has 0 bridgehead atoms. The zero-order valence-corrected chi connectivity index (χ0v) is 15.7. The van der Waals surface area contributed by atoms with Gasteiger partial charge in [0.2, 0.25) is 0 Å².